The van der Waals surface area contributed by atoms with E-state index in [9.17, 15) is 18.0 Å². The zero-order valence-electron chi connectivity index (χ0n) is 18.5. The number of pyridine rings is 1. The lowest BCUT2D eigenvalue weighted by Crippen LogP contribution is -2.29. The average molecular weight is 444 g/mol. The predicted octanol–water partition coefficient (Wildman–Crippen LogP) is 5.47. The van der Waals surface area contributed by atoms with Crippen molar-refractivity contribution in [2.45, 2.75) is 39.3 Å². The quantitative estimate of drug-likeness (QED) is 0.603. The van der Waals surface area contributed by atoms with Crippen LogP contribution in [-0.4, -0.2) is 30.7 Å². The predicted molar refractivity (Wildman–Crippen MR) is 123 cm³/mol. The van der Waals surface area contributed by atoms with E-state index < -0.39 is 12.1 Å². The van der Waals surface area contributed by atoms with Crippen LogP contribution in [0.25, 0.3) is 16.5 Å². The van der Waals surface area contributed by atoms with Gasteiger partial charge < -0.3 is 10.6 Å². The third-order valence-corrected chi connectivity index (χ3v) is 5.52. The van der Waals surface area contributed by atoms with Gasteiger partial charge in [0.15, 0.2) is 0 Å². The number of carbonyl (C=O) groups excluding carboxylic acids is 1. The molecule has 0 fully saturated rings. The fourth-order valence-electron chi connectivity index (χ4n) is 3.71. The molecule has 0 saturated carbocycles. The number of hydrogen-bond donors (Lipinski definition) is 2. The molecule has 0 spiro atoms. The number of benzene rings is 1. The number of hydrogen-bond acceptors (Lipinski definition) is 3. The second kappa shape index (κ2) is 10.9. The van der Waals surface area contributed by atoms with Gasteiger partial charge in [0.25, 0.3) is 5.91 Å². The number of carbonyl (C=O) groups is 1. The summed E-state index contributed by atoms with van der Waals surface area (Å²) in [6.07, 6.45) is 7.49. The fraction of sp³-hybridized carbons (Fsp3) is 0.360. The number of aromatic nitrogens is 1. The molecule has 2 aromatic rings. The number of allylic oxidation sites excluding steroid dienone is 3. The smallest absolute Gasteiger partial charge is 0.390 e. The molecule has 1 atom stereocenters. The van der Waals surface area contributed by atoms with Gasteiger partial charge in [-0.15, -0.1) is 12.8 Å². The van der Waals surface area contributed by atoms with Gasteiger partial charge in [0.1, 0.15) is 0 Å². The van der Waals surface area contributed by atoms with Crippen molar-refractivity contribution < 1.29 is 18.0 Å². The standard InChI is InChI=1S/C23H26F3N3O.C2H2/c1-14(2)20(27-3)13-29-22(30)17-11-16-5-4-6-19(21(16)28-12-17)15-7-9-18(10-8-15)23(24,25)26;1-2/h4-7,11-12,18,27H,8-10,13H2,1-3H3,(H,29,30);1-2H. The second-order valence-electron chi connectivity index (χ2n) is 7.75. The Morgan fingerprint density at radius 3 is 2.53 bits per heavy atom. The van der Waals surface area contributed by atoms with Crippen molar-refractivity contribution in [3.8, 4) is 12.8 Å². The van der Waals surface area contributed by atoms with Gasteiger partial charge in [-0.1, -0.05) is 29.8 Å². The molecule has 1 aromatic heterocycles. The summed E-state index contributed by atoms with van der Waals surface area (Å²) in [5.74, 6) is -1.50. The summed E-state index contributed by atoms with van der Waals surface area (Å²) in [4.78, 5) is 17.0. The van der Waals surface area contributed by atoms with E-state index in [1.165, 1.54) is 6.20 Å². The Morgan fingerprint density at radius 1 is 1.25 bits per heavy atom. The SMILES string of the molecule is C#C.CNC(CNC(=O)c1cnc2c(C3=CCC(C(F)(F)F)CC3)cccc2c1)=C(C)C. The summed E-state index contributed by atoms with van der Waals surface area (Å²) in [5.41, 5.74) is 4.90. The fourth-order valence-corrected chi connectivity index (χ4v) is 3.71. The lowest BCUT2D eigenvalue weighted by atomic mass is 9.85. The molecule has 0 radical (unpaired) electrons. The number of para-hydroxylation sites is 1. The van der Waals surface area contributed by atoms with Crippen molar-refractivity contribution in [3.63, 3.8) is 0 Å². The van der Waals surface area contributed by atoms with Crippen LogP contribution in [0.15, 0.2) is 47.8 Å². The Morgan fingerprint density at radius 2 is 1.97 bits per heavy atom. The topological polar surface area (TPSA) is 54.0 Å². The first-order valence-electron chi connectivity index (χ1n) is 10.3. The van der Waals surface area contributed by atoms with Crippen LogP contribution < -0.4 is 10.6 Å². The minimum Gasteiger partial charge on any atom is -0.390 e. The molecule has 1 amide bonds. The van der Waals surface area contributed by atoms with Crippen molar-refractivity contribution in [2.75, 3.05) is 13.6 Å². The lowest BCUT2D eigenvalue weighted by molar-refractivity contribution is -0.175. The van der Waals surface area contributed by atoms with Crippen molar-refractivity contribution >= 4 is 22.4 Å². The highest BCUT2D eigenvalue weighted by atomic mass is 19.4. The number of nitrogens with one attached hydrogen (secondary N) is 2. The van der Waals surface area contributed by atoms with Gasteiger partial charge in [0.2, 0.25) is 0 Å². The average Bonchev–Trinajstić information content (AvgIpc) is 2.79. The van der Waals surface area contributed by atoms with Crippen molar-refractivity contribution in [3.05, 3.63) is 58.9 Å². The summed E-state index contributed by atoms with van der Waals surface area (Å²) in [6.45, 7) is 4.32. The zero-order chi connectivity index (χ0) is 23.9. The summed E-state index contributed by atoms with van der Waals surface area (Å²) in [6, 6.07) is 7.35. The second-order valence-corrected chi connectivity index (χ2v) is 7.75. The van der Waals surface area contributed by atoms with E-state index in [2.05, 4.69) is 28.5 Å². The Bertz CT molecular complexity index is 1050. The van der Waals surface area contributed by atoms with Crippen molar-refractivity contribution in [1.29, 1.82) is 0 Å². The minimum atomic E-state index is -4.15. The van der Waals surface area contributed by atoms with E-state index in [-0.39, 0.29) is 18.7 Å². The minimum absolute atomic E-state index is 0.00608. The third kappa shape index (κ3) is 5.91. The maximum absolute atomic E-state index is 12.9. The number of halogens is 3. The Hall–Kier alpha value is -3.27. The molecular weight excluding hydrogens is 415 g/mol. The van der Waals surface area contributed by atoms with Gasteiger partial charge >= 0.3 is 6.18 Å². The molecule has 1 aromatic carbocycles. The number of amides is 1. The summed E-state index contributed by atoms with van der Waals surface area (Å²) in [5, 5.41) is 6.73. The van der Waals surface area contributed by atoms with Gasteiger partial charge in [-0.2, -0.15) is 13.2 Å². The van der Waals surface area contributed by atoms with E-state index in [4.69, 9.17) is 0 Å². The number of fused-ring (bicyclic) bond motifs is 1. The first-order valence-corrected chi connectivity index (χ1v) is 10.3. The van der Waals surface area contributed by atoms with E-state index in [0.29, 0.717) is 24.0 Å². The molecule has 32 heavy (non-hydrogen) atoms. The van der Waals surface area contributed by atoms with Crippen LogP contribution in [0.1, 0.15) is 49.0 Å². The molecular formula is C25H28F3N3O. The number of alkyl halides is 3. The van der Waals surface area contributed by atoms with Gasteiger partial charge in [-0.25, -0.2) is 0 Å². The number of nitrogens with zero attached hydrogens (tertiary/aromatic N) is 1. The largest absolute Gasteiger partial charge is 0.392 e. The molecule has 1 aliphatic carbocycles. The van der Waals surface area contributed by atoms with Crippen molar-refractivity contribution in [2.24, 2.45) is 5.92 Å². The van der Waals surface area contributed by atoms with Crippen LogP contribution in [0.2, 0.25) is 0 Å². The molecule has 4 nitrogen and oxygen atoms in total. The molecule has 0 saturated heterocycles. The maximum Gasteiger partial charge on any atom is 0.392 e. The molecule has 3 rings (SSSR count). The van der Waals surface area contributed by atoms with Crippen molar-refractivity contribution in [1.82, 2.24) is 15.6 Å². The van der Waals surface area contributed by atoms with Crippen LogP contribution in [0.5, 0.6) is 0 Å². The monoisotopic (exact) mass is 443 g/mol. The van der Waals surface area contributed by atoms with Gasteiger partial charge in [0.05, 0.1) is 23.5 Å². The Balaban J connectivity index is 0.00000176. The summed E-state index contributed by atoms with van der Waals surface area (Å²) < 4.78 is 38.8. The van der Waals surface area contributed by atoms with E-state index in [1.807, 2.05) is 39.1 Å². The molecule has 170 valence electrons. The summed E-state index contributed by atoms with van der Waals surface area (Å²) in [7, 11) is 1.81. The highest BCUT2D eigenvalue weighted by Gasteiger charge is 2.39. The highest BCUT2D eigenvalue weighted by molar-refractivity contribution is 5.99. The third-order valence-electron chi connectivity index (χ3n) is 5.52. The first kappa shape index (κ1) is 25.0. The van der Waals surface area contributed by atoms with E-state index >= 15 is 0 Å². The normalized spacial score (nSPS) is 15.8. The van der Waals surface area contributed by atoms with E-state index in [1.54, 1.807) is 12.1 Å². The van der Waals surface area contributed by atoms with E-state index in [0.717, 1.165) is 27.8 Å². The molecule has 0 aliphatic heterocycles. The molecule has 2 N–H and O–H groups in total. The molecule has 0 bridgehead atoms. The van der Waals surface area contributed by atoms with Gasteiger partial charge in [-0.3, -0.25) is 9.78 Å². The number of rotatable bonds is 5. The van der Waals surface area contributed by atoms with Gasteiger partial charge in [0, 0.05) is 29.9 Å². The molecule has 1 unspecified atom stereocenters. The van der Waals surface area contributed by atoms with Gasteiger partial charge in [-0.05, 0) is 44.7 Å². The number of terminal acetylenes is 1. The first-order chi connectivity index (χ1) is 15.2. The summed E-state index contributed by atoms with van der Waals surface area (Å²) >= 11 is 0. The lowest BCUT2D eigenvalue weighted by Gasteiger charge is -2.24. The number of likely N-dealkylation sites (N-methyl/N-ethyl adjacent to an activating group) is 1. The van der Waals surface area contributed by atoms with Crippen LogP contribution in [0, 0.1) is 18.8 Å². The highest BCUT2D eigenvalue weighted by Crippen LogP contribution is 2.40. The van der Waals surface area contributed by atoms with Crippen LogP contribution in [0.4, 0.5) is 13.2 Å². The van der Waals surface area contributed by atoms with Crippen LogP contribution in [-0.2, 0) is 0 Å². The van der Waals surface area contributed by atoms with Crippen LogP contribution in [0.3, 0.4) is 0 Å². The van der Waals surface area contributed by atoms with Crippen LogP contribution >= 0.6 is 0 Å². The maximum atomic E-state index is 12.9. The molecule has 7 heteroatoms. The Kier molecular flexibility index (Phi) is 8.48. The molecule has 1 heterocycles. The zero-order valence-corrected chi connectivity index (χ0v) is 18.5. The Labute approximate surface area is 187 Å². The molecule has 1 aliphatic rings.